The fraction of sp³-hybridized carbons (Fsp3) is 0.500. The highest BCUT2D eigenvalue weighted by Crippen LogP contribution is 2.32. The Morgan fingerprint density at radius 3 is 2.52 bits per heavy atom. The van der Waals surface area contributed by atoms with Crippen LogP contribution < -0.4 is 4.90 Å². The summed E-state index contributed by atoms with van der Waals surface area (Å²) in [6.45, 7) is 4.60. The van der Waals surface area contributed by atoms with Gasteiger partial charge in [0.2, 0.25) is 0 Å². The van der Waals surface area contributed by atoms with Crippen molar-refractivity contribution in [2.45, 2.75) is 26.7 Å². The summed E-state index contributed by atoms with van der Waals surface area (Å²) in [6, 6.07) is 4.52. The third-order valence-electron chi connectivity index (χ3n) is 4.03. The summed E-state index contributed by atoms with van der Waals surface area (Å²) in [5.74, 6) is -0.559. The number of Topliss-reactive ketones (excluding diaryl/α,β-unsaturated/α-hetero) is 1. The fourth-order valence-corrected chi connectivity index (χ4v) is 2.77. The van der Waals surface area contributed by atoms with Gasteiger partial charge in [-0.05, 0) is 38.8 Å². The quantitative estimate of drug-likeness (QED) is 0.358. The summed E-state index contributed by atoms with van der Waals surface area (Å²) in [4.78, 5) is 35.9. The van der Waals surface area contributed by atoms with Gasteiger partial charge in [0.05, 0.1) is 17.4 Å². The zero-order valence-electron chi connectivity index (χ0n) is 13.3. The van der Waals surface area contributed by atoms with Gasteiger partial charge in [0.15, 0.2) is 5.78 Å². The lowest BCUT2D eigenvalue weighted by Gasteiger charge is -2.32. The van der Waals surface area contributed by atoms with Gasteiger partial charge in [-0.2, -0.15) is 0 Å². The molecule has 0 aromatic heterocycles. The molecule has 0 spiro atoms. The number of carbonyl (C=O) groups is 2. The highest BCUT2D eigenvalue weighted by molar-refractivity contribution is 5.95. The number of carbonyl (C=O) groups excluding carboxylic acids is 2. The van der Waals surface area contributed by atoms with Crippen LogP contribution in [0.5, 0.6) is 0 Å². The number of ether oxygens (including phenoxy) is 1. The van der Waals surface area contributed by atoms with Gasteiger partial charge in [0, 0.05) is 24.7 Å². The molecule has 0 saturated carbocycles. The molecule has 1 saturated heterocycles. The van der Waals surface area contributed by atoms with E-state index in [2.05, 4.69) is 0 Å². The Hall–Kier alpha value is -2.44. The van der Waals surface area contributed by atoms with E-state index in [1.807, 2.05) is 4.90 Å². The minimum atomic E-state index is -0.473. The molecular formula is C16H20N2O5. The molecule has 1 aromatic carbocycles. The summed E-state index contributed by atoms with van der Waals surface area (Å²) < 4.78 is 5.02. The van der Waals surface area contributed by atoms with Crippen molar-refractivity contribution in [2.24, 2.45) is 5.92 Å². The van der Waals surface area contributed by atoms with Crippen LogP contribution in [0.1, 0.15) is 37.0 Å². The predicted molar refractivity (Wildman–Crippen MR) is 84.7 cm³/mol. The molecule has 0 atom stereocenters. The molecule has 1 fully saturated rings. The molecule has 23 heavy (non-hydrogen) atoms. The van der Waals surface area contributed by atoms with Gasteiger partial charge >= 0.3 is 5.97 Å². The maximum absolute atomic E-state index is 11.7. The van der Waals surface area contributed by atoms with Gasteiger partial charge in [0.1, 0.15) is 5.69 Å². The Kier molecular flexibility index (Phi) is 5.31. The van der Waals surface area contributed by atoms with E-state index < -0.39 is 4.92 Å². The van der Waals surface area contributed by atoms with Crippen molar-refractivity contribution in [3.05, 3.63) is 33.9 Å². The molecule has 0 N–H and O–H groups in total. The molecule has 0 radical (unpaired) electrons. The Morgan fingerprint density at radius 2 is 2.00 bits per heavy atom. The third-order valence-corrected chi connectivity index (χ3v) is 4.03. The SMILES string of the molecule is CCOC(=O)C1CCN(c2ccc(C(C)=O)cc2[N+](=O)[O-])CC1. The van der Waals surface area contributed by atoms with Crippen molar-refractivity contribution in [2.75, 3.05) is 24.6 Å². The van der Waals surface area contributed by atoms with Crippen LogP contribution in [0.15, 0.2) is 18.2 Å². The number of nitrogens with zero attached hydrogens (tertiary/aromatic N) is 2. The summed E-state index contributed by atoms with van der Waals surface area (Å²) >= 11 is 0. The molecule has 7 nitrogen and oxygen atoms in total. The fourth-order valence-electron chi connectivity index (χ4n) is 2.77. The molecule has 0 bridgehead atoms. The summed E-state index contributed by atoms with van der Waals surface area (Å²) in [5.41, 5.74) is 0.733. The smallest absolute Gasteiger partial charge is 0.309 e. The number of ketones is 1. The summed E-state index contributed by atoms with van der Waals surface area (Å²) in [5, 5.41) is 11.3. The monoisotopic (exact) mass is 320 g/mol. The molecule has 1 heterocycles. The number of rotatable bonds is 5. The van der Waals surface area contributed by atoms with Crippen LogP contribution in [0, 0.1) is 16.0 Å². The van der Waals surface area contributed by atoms with E-state index in [1.54, 1.807) is 19.1 Å². The topological polar surface area (TPSA) is 89.8 Å². The molecule has 1 aliphatic rings. The lowest BCUT2D eigenvalue weighted by molar-refractivity contribution is -0.384. The molecule has 0 aliphatic carbocycles. The first-order chi connectivity index (χ1) is 10.9. The molecular weight excluding hydrogens is 300 g/mol. The van der Waals surface area contributed by atoms with Gasteiger partial charge < -0.3 is 9.64 Å². The minimum absolute atomic E-state index is 0.0766. The van der Waals surface area contributed by atoms with Gasteiger partial charge in [0.25, 0.3) is 5.69 Å². The lowest BCUT2D eigenvalue weighted by atomic mass is 9.96. The zero-order chi connectivity index (χ0) is 17.0. The molecule has 0 amide bonds. The second-order valence-corrected chi connectivity index (χ2v) is 5.53. The van der Waals surface area contributed by atoms with Crippen LogP contribution in [0.4, 0.5) is 11.4 Å². The summed E-state index contributed by atoms with van der Waals surface area (Å²) in [7, 11) is 0. The number of piperidine rings is 1. The Labute approximate surface area is 134 Å². The normalized spacial score (nSPS) is 15.3. The van der Waals surface area contributed by atoms with Gasteiger partial charge in [-0.15, -0.1) is 0 Å². The van der Waals surface area contributed by atoms with Crippen molar-refractivity contribution < 1.29 is 19.2 Å². The number of esters is 1. The van der Waals surface area contributed by atoms with E-state index in [1.165, 1.54) is 13.0 Å². The summed E-state index contributed by atoms with van der Waals surface area (Å²) in [6.07, 6.45) is 1.20. The molecule has 1 aromatic rings. The average molecular weight is 320 g/mol. The number of hydrogen-bond acceptors (Lipinski definition) is 6. The number of nitro benzene ring substituents is 1. The van der Waals surface area contributed by atoms with E-state index in [9.17, 15) is 19.7 Å². The highest BCUT2D eigenvalue weighted by atomic mass is 16.6. The Balaban J connectivity index is 2.16. The third kappa shape index (κ3) is 3.85. The van der Waals surface area contributed by atoms with Gasteiger partial charge in [-0.1, -0.05) is 0 Å². The standard InChI is InChI=1S/C16H20N2O5/c1-3-23-16(20)12-6-8-17(9-7-12)14-5-4-13(11(2)19)10-15(14)18(21)22/h4-5,10,12H,3,6-9H2,1-2H3. The van der Waals surface area contributed by atoms with Crippen molar-refractivity contribution in [3.8, 4) is 0 Å². The number of nitro groups is 1. The van der Waals surface area contributed by atoms with Gasteiger partial charge in [-0.25, -0.2) is 0 Å². The molecule has 2 rings (SSSR count). The number of hydrogen-bond donors (Lipinski definition) is 0. The van der Waals surface area contributed by atoms with Crippen LogP contribution in [0.3, 0.4) is 0 Å². The van der Waals surface area contributed by atoms with Crippen molar-refractivity contribution in [1.82, 2.24) is 0 Å². The maximum Gasteiger partial charge on any atom is 0.309 e. The van der Waals surface area contributed by atoms with E-state index in [-0.39, 0.29) is 23.4 Å². The first kappa shape index (κ1) is 16.9. The Bertz CT molecular complexity index is 621. The Morgan fingerprint density at radius 1 is 1.35 bits per heavy atom. The second-order valence-electron chi connectivity index (χ2n) is 5.53. The molecule has 124 valence electrons. The van der Waals surface area contributed by atoms with Crippen LogP contribution in [-0.2, 0) is 9.53 Å². The lowest BCUT2D eigenvalue weighted by Crippen LogP contribution is -2.37. The number of benzene rings is 1. The largest absolute Gasteiger partial charge is 0.466 e. The predicted octanol–water partition coefficient (Wildman–Crippen LogP) is 2.58. The highest BCUT2D eigenvalue weighted by Gasteiger charge is 2.29. The molecule has 1 aliphatic heterocycles. The van der Waals surface area contributed by atoms with Crippen LogP contribution in [-0.4, -0.2) is 36.4 Å². The van der Waals surface area contributed by atoms with Crippen LogP contribution in [0.25, 0.3) is 0 Å². The van der Waals surface area contributed by atoms with E-state index >= 15 is 0 Å². The van der Waals surface area contributed by atoms with Crippen molar-refractivity contribution in [1.29, 1.82) is 0 Å². The van der Waals surface area contributed by atoms with Crippen molar-refractivity contribution >= 4 is 23.1 Å². The van der Waals surface area contributed by atoms with E-state index in [4.69, 9.17) is 4.74 Å². The molecule has 7 heteroatoms. The maximum atomic E-state index is 11.7. The molecule has 0 unspecified atom stereocenters. The van der Waals surface area contributed by atoms with Crippen LogP contribution in [0.2, 0.25) is 0 Å². The number of anilines is 1. The second kappa shape index (κ2) is 7.21. The first-order valence-electron chi connectivity index (χ1n) is 7.65. The van der Waals surface area contributed by atoms with Gasteiger partial charge in [-0.3, -0.25) is 19.7 Å². The first-order valence-corrected chi connectivity index (χ1v) is 7.65. The van der Waals surface area contributed by atoms with E-state index in [0.717, 1.165) is 0 Å². The van der Waals surface area contributed by atoms with Crippen LogP contribution >= 0.6 is 0 Å². The minimum Gasteiger partial charge on any atom is -0.466 e. The van der Waals surface area contributed by atoms with E-state index in [0.29, 0.717) is 43.8 Å². The zero-order valence-corrected chi connectivity index (χ0v) is 13.3. The average Bonchev–Trinajstić information content (AvgIpc) is 2.54. The van der Waals surface area contributed by atoms with Crippen molar-refractivity contribution in [3.63, 3.8) is 0 Å².